The van der Waals surface area contributed by atoms with Crippen molar-refractivity contribution >= 4 is 68.4 Å². The number of hydrogen-bond donors (Lipinski definition) is 2. The van der Waals surface area contributed by atoms with Crippen molar-refractivity contribution in [1.29, 1.82) is 0 Å². The van der Waals surface area contributed by atoms with Crippen LogP contribution in [0.3, 0.4) is 0 Å². The minimum Gasteiger partial charge on any atom is -1.00 e. The molecule has 0 aliphatic carbocycles. The molecule has 0 saturated carbocycles. The van der Waals surface area contributed by atoms with Crippen molar-refractivity contribution in [3.8, 4) is 0 Å². The Morgan fingerprint density at radius 2 is 1.07 bits per heavy atom. The van der Waals surface area contributed by atoms with Crippen LogP contribution in [-0.4, -0.2) is 31.9 Å². The van der Waals surface area contributed by atoms with E-state index in [1.807, 2.05) is 58.0 Å². The summed E-state index contributed by atoms with van der Waals surface area (Å²) in [6, 6.07) is 7.78. The minimum atomic E-state index is -1.15. The van der Waals surface area contributed by atoms with E-state index in [2.05, 4.69) is 23.1 Å². The maximum absolute atomic E-state index is 11.4. The number of rotatable bonds is 8. The Morgan fingerprint density at radius 3 is 1.48 bits per heavy atom. The second-order valence-electron chi connectivity index (χ2n) is 10.7. The summed E-state index contributed by atoms with van der Waals surface area (Å²) in [5.41, 5.74) is 13.3. The molecule has 2 aliphatic heterocycles. The van der Waals surface area contributed by atoms with Gasteiger partial charge >= 0.3 is 17.1 Å². The van der Waals surface area contributed by atoms with Crippen LogP contribution in [0.25, 0.3) is 56.5 Å². The zero-order valence-electron chi connectivity index (χ0n) is 25.0. The summed E-state index contributed by atoms with van der Waals surface area (Å²) >= 11 is 0. The van der Waals surface area contributed by atoms with Crippen molar-refractivity contribution in [1.82, 2.24) is 19.9 Å². The van der Waals surface area contributed by atoms with Gasteiger partial charge in [0.25, 0.3) is 0 Å². The van der Waals surface area contributed by atoms with E-state index < -0.39 is 11.9 Å². The van der Waals surface area contributed by atoms with Crippen LogP contribution in [0.5, 0.6) is 0 Å². The van der Waals surface area contributed by atoms with Gasteiger partial charge in [-0.05, 0) is 111 Å². The fourth-order valence-electron chi connectivity index (χ4n) is 5.76. The van der Waals surface area contributed by atoms with Crippen molar-refractivity contribution in [3.63, 3.8) is 0 Å². The van der Waals surface area contributed by atoms with Gasteiger partial charge in [0, 0.05) is 45.1 Å². The van der Waals surface area contributed by atoms with Gasteiger partial charge in [-0.1, -0.05) is 25.3 Å². The van der Waals surface area contributed by atoms with Crippen molar-refractivity contribution in [2.45, 2.75) is 53.4 Å². The standard InChI is InChI=1S/C34H34N4O4.ClH.Fe/c1-7-21-17(3)25-13-26-19(5)23(9-11-33(39)40)31(37-26)16-32-24(10-12-34(41)42)20(6)28(38-32)15-30-22(8-2)18(4)27(36-30)14-29(21)35-25;;/h7-8,13-16,35-36H,1-2,9-12H2,3-6H3,(H,39,40)(H,41,42);1H;/q;;+3/p-3. The predicted octanol–water partition coefficient (Wildman–Crippen LogP) is 2.14. The summed E-state index contributed by atoms with van der Waals surface area (Å²) in [6.45, 7) is 16.0. The summed E-state index contributed by atoms with van der Waals surface area (Å²) in [5, 5.41) is 22.8. The maximum atomic E-state index is 11.4. The summed E-state index contributed by atoms with van der Waals surface area (Å²) in [7, 11) is 0. The third kappa shape index (κ3) is 6.36. The molecule has 227 valence electrons. The number of H-pyrrole nitrogens is 2. The van der Waals surface area contributed by atoms with E-state index in [4.69, 9.17) is 9.97 Å². The topological polar surface area (TPSA) is 138 Å². The third-order valence-electron chi connectivity index (χ3n) is 8.20. The van der Waals surface area contributed by atoms with E-state index >= 15 is 0 Å². The third-order valence-corrected chi connectivity index (χ3v) is 8.20. The molecule has 0 amide bonds. The molecular weight excluding hydrogens is 620 g/mol. The number of allylic oxidation sites excluding steroid dienone is 4. The number of nitrogens with zero attached hydrogens (tertiary/aromatic N) is 2. The minimum absolute atomic E-state index is 0. The maximum Gasteiger partial charge on any atom is 3.00 e. The molecule has 1 radical (unpaired) electrons. The van der Waals surface area contributed by atoms with Gasteiger partial charge in [-0.15, -0.1) is 0 Å². The number of carbonyl (C=O) groups is 2. The van der Waals surface area contributed by atoms with Crippen LogP contribution in [0.2, 0.25) is 0 Å². The fraction of sp³-hybridized carbons (Fsp3) is 0.235. The van der Waals surface area contributed by atoms with Gasteiger partial charge in [-0.2, -0.15) is 0 Å². The monoisotopic (exact) mass is 651 g/mol. The largest absolute Gasteiger partial charge is 3.00 e. The van der Waals surface area contributed by atoms with Crippen LogP contribution in [-0.2, 0) is 26.7 Å². The van der Waals surface area contributed by atoms with Crippen LogP contribution < -0.4 is 22.6 Å². The van der Waals surface area contributed by atoms with E-state index in [1.165, 1.54) is 0 Å². The van der Waals surface area contributed by atoms with E-state index in [1.54, 1.807) is 6.08 Å². The number of carbonyl (C=O) groups excluding carboxylic acids is 2. The van der Waals surface area contributed by atoms with Gasteiger partial charge in [0.15, 0.2) is 0 Å². The molecule has 0 spiro atoms. The number of aromatic nitrogens is 4. The van der Waals surface area contributed by atoms with Crippen LogP contribution in [0.1, 0.15) is 84.6 Å². The first-order valence-electron chi connectivity index (χ1n) is 13.8. The molecule has 2 aliphatic rings. The van der Waals surface area contributed by atoms with Gasteiger partial charge in [0.2, 0.25) is 0 Å². The Morgan fingerprint density at radius 1 is 0.682 bits per heavy atom. The zero-order valence-corrected chi connectivity index (χ0v) is 26.8. The number of nitrogens with one attached hydrogen (secondary N) is 2. The van der Waals surface area contributed by atoms with Crippen molar-refractivity contribution in [2.24, 2.45) is 0 Å². The number of carboxylic acid groups (broad SMARTS) is 2. The van der Waals surface area contributed by atoms with Gasteiger partial charge in [-0.3, -0.25) is 0 Å². The van der Waals surface area contributed by atoms with E-state index in [0.29, 0.717) is 22.8 Å². The van der Waals surface area contributed by atoms with Gasteiger partial charge in [-0.25, -0.2) is 9.97 Å². The molecule has 3 aromatic heterocycles. The van der Waals surface area contributed by atoms with Crippen molar-refractivity contribution < 1.29 is 49.3 Å². The molecule has 0 atom stereocenters. The predicted molar refractivity (Wildman–Crippen MR) is 164 cm³/mol. The molecule has 0 unspecified atom stereocenters. The van der Waals surface area contributed by atoms with Crippen LogP contribution >= 0.6 is 0 Å². The molecule has 2 N–H and O–H groups in total. The van der Waals surface area contributed by atoms with E-state index in [0.717, 1.165) is 66.6 Å². The number of aryl methyl sites for hydroxylation is 2. The number of carboxylic acids is 2. The molecule has 10 heteroatoms. The van der Waals surface area contributed by atoms with E-state index in [9.17, 15) is 19.8 Å². The Labute approximate surface area is 272 Å². The summed E-state index contributed by atoms with van der Waals surface area (Å²) in [4.78, 5) is 39.7. The average molecular weight is 652 g/mol. The number of fused-ring (bicyclic) bond motifs is 8. The first-order valence-corrected chi connectivity index (χ1v) is 13.8. The van der Waals surface area contributed by atoms with Crippen molar-refractivity contribution in [2.75, 3.05) is 0 Å². The Kier molecular flexibility index (Phi) is 10.6. The number of halogens is 1. The normalized spacial score (nSPS) is 12.5. The molecular formula is C34H32ClFeN4O4. The van der Waals surface area contributed by atoms with E-state index in [-0.39, 0.29) is 55.2 Å². The fourth-order valence-corrected chi connectivity index (χ4v) is 5.76. The van der Waals surface area contributed by atoms with Gasteiger partial charge in [0.1, 0.15) is 0 Å². The number of aliphatic carboxylic acids is 2. The van der Waals surface area contributed by atoms with Gasteiger partial charge < -0.3 is 42.2 Å². The summed E-state index contributed by atoms with van der Waals surface area (Å²) in [5.74, 6) is -2.29. The molecule has 5 rings (SSSR count). The molecule has 0 aromatic carbocycles. The number of hydrogen-bond acceptors (Lipinski definition) is 6. The molecule has 8 nitrogen and oxygen atoms in total. The summed E-state index contributed by atoms with van der Waals surface area (Å²) in [6.07, 6.45) is 3.79. The van der Waals surface area contributed by atoms with Crippen LogP contribution in [0, 0.1) is 13.8 Å². The molecule has 44 heavy (non-hydrogen) atoms. The Balaban J connectivity index is 0.00000264. The first-order chi connectivity index (χ1) is 20.0. The van der Waals surface area contributed by atoms with Crippen molar-refractivity contribution in [3.05, 3.63) is 82.5 Å². The van der Waals surface area contributed by atoms with Crippen LogP contribution in [0.15, 0.2) is 37.4 Å². The molecule has 8 bridgehead atoms. The second-order valence-corrected chi connectivity index (χ2v) is 10.7. The smallest absolute Gasteiger partial charge is 1.00 e. The quantitative estimate of drug-likeness (QED) is 0.358. The van der Waals surface area contributed by atoms with Crippen LogP contribution in [0.4, 0.5) is 0 Å². The molecule has 0 saturated heterocycles. The number of aromatic amines is 2. The summed E-state index contributed by atoms with van der Waals surface area (Å²) < 4.78 is 0. The molecule has 5 heterocycles. The molecule has 0 fully saturated rings. The Bertz CT molecular complexity index is 1930. The second kappa shape index (κ2) is 13.6. The Hall–Kier alpha value is -4.17. The molecule has 3 aromatic rings. The first kappa shape index (κ1) is 34.3. The van der Waals surface area contributed by atoms with Gasteiger partial charge in [0.05, 0.1) is 22.8 Å². The SMILES string of the molecule is C=Cc1c(C)c2cc3[nH]c(cc4nc(cc5nc(cc1[nH]2)C(C)=C5CCC(=O)[O-])C(CCC(=O)[O-])=C4C)c(C)c3C=C.[Cl-].[Fe+3]. The average Bonchev–Trinajstić information content (AvgIpc) is 3.59. The zero-order chi connectivity index (χ0) is 30.3.